The first kappa shape index (κ1) is 19.5. The van der Waals surface area contributed by atoms with E-state index in [2.05, 4.69) is 5.32 Å². The molecule has 0 unspecified atom stereocenters. The highest BCUT2D eigenvalue weighted by Crippen LogP contribution is 2.34. The Bertz CT molecular complexity index is 827. The molecule has 0 bridgehead atoms. The number of halogens is 4. The molecule has 0 radical (unpaired) electrons. The Hall–Kier alpha value is -2.81. The molecular weight excluding hydrogens is 377 g/mol. The fraction of sp³-hybridized carbons (Fsp3) is 0.188. The Morgan fingerprint density at radius 3 is 2.58 bits per heavy atom. The molecular formula is C16H12ClF3N2O4. The monoisotopic (exact) mass is 388 g/mol. The molecule has 0 aromatic heterocycles. The van der Waals surface area contributed by atoms with Gasteiger partial charge in [0.05, 0.1) is 10.5 Å². The molecule has 2 aromatic carbocycles. The van der Waals surface area contributed by atoms with Crippen molar-refractivity contribution in [1.29, 1.82) is 0 Å². The maximum absolute atomic E-state index is 12.6. The molecule has 0 aliphatic heterocycles. The number of alkyl halides is 3. The van der Waals surface area contributed by atoms with Crippen molar-refractivity contribution in [3.8, 4) is 0 Å². The van der Waals surface area contributed by atoms with E-state index in [1.807, 2.05) is 0 Å². The maximum atomic E-state index is 12.6. The minimum Gasteiger partial charge on any atom is -0.460 e. The molecule has 2 rings (SSSR count). The summed E-state index contributed by atoms with van der Waals surface area (Å²) < 4.78 is 42.9. The van der Waals surface area contributed by atoms with Crippen LogP contribution in [-0.2, 0) is 22.3 Å². The number of carbonyl (C=O) groups is 1. The largest absolute Gasteiger partial charge is 0.460 e. The smallest absolute Gasteiger partial charge is 0.416 e. The van der Waals surface area contributed by atoms with Gasteiger partial charge < -0.3 is 10.1 Å². The molecule has 0 aliphatic rings. The topological polar surface area (TPSA) is 81.5 Å². The fourth-order valence-corrected chi connectivity index (χ4v) is 2.23. The van der Waals surface area contributed by atoms with Gasteiger partial charge in [0.1, 0.15) is 18.8 Å². The van der Waals surface area contributed by atoms with E-state index in [4.69, 9.17) is 16.3 Å². The molecule has 26 heavy (non-hydrogen) atoms. The Morgan fingerprint density at radius 1 is 1.23 bits per heavy atom. The summed E-state index contributed by atoms with van der Waals surface area (Å²) >= 11 is 5.80. The summed E-state index contributed by atoms with van der Waals surface area (Å²) in [5.74, 6) is -0.737. The number of rotatable bonds is 6. The average molecular weight is 389 g/mol. The van der Waals surface area contributed by atoms with E-state index in [-0.39, 0.29) is 12.3 Å². The van der Waals surface area contributed by atoms with Crippen molar-refractivity contribution in [1.82, 2.24) is 0 Å². The lowest BCUT2D eigenvalue weighted by atomic mass is 10.1. The zero-order valence-electron chi connectivity index (χ0n) is 13.0. The third-order valence-corrected chi connectivity index (χ3v) is 3.47. The minimum absolute atomic E-state index is 0.0593. The van der Waals surface area contributed by atoms with Crippen LogP contribution in [-0.4, -0.2) is 17.4 Å². The maximum Gasteiger partial charge on any atom is 0.416 e. The standard InChI is InChI=1S/C16H12ClF3N2O4/c17-12-3-1-2-10(6-12)9-26-15(23)8-21-13-5-4-11(16(18,19)20)7-14(13)22(24)25/h1-7,21H,8-9H2. The lowest BCUT2D eigenvalue weighted by Gasteiger charge is -2.10. The number of nitrogens with one attached hydrogen (secondary N) is 1. The number of anilines is 1. The Morgan fingerprint density at radius 2 is 1.96 bits per heavy atom. The van der Waals surface area contributed by atoms with Crippen molar-refractivity contribution in [2.24, 2.45) is 0 Å². The molecule has 0 fully saturated rings. The zero-order valence-corrected chi connectivity index (χ0v) is 13.8. The lowest BCUT2D eigenvalue weighted by Crippen LogP contribution is -2.17. The molecule has 6 nitrogen and oxygen atoms in total. The molecule has 0 saturated carbocycles. The number of hydrogen-bond acceptors (Lipinski definition) is 5. The molecule has 1 N–H and O–H groups in total. The molecule has 0 amide bonds. The normalized spacial score (nSPS) is 11.1. The van der Waals surface area contributed by atoms with Gasteiger partial charge in [0, 0.05) is 11.1 Å². The highest BCUT2D eigenvalue weighted by molar-refractivity contribution is 6.30. The highest BCUT2D eigenvalue weighted by atomic mass is 35.5. The summed E-state index contributed by atoms with van der Waals surface area (Å²) in [5, 5.41) is 13.8. The predicted octanol–water partition coefficient (Wildman–Crippen LogP) is 4.42. The van der Waals surface area contributed by atoms with Crippen molar-refractivity contribution in [2.75, 3.05) is 11.9 Å². The van der Waals surface area contributed by atoms with Crippen molar-refractivity contribution in [3.63, 3.8) is 0 Å². The minimum atomic E-state index is -4.71. The second-order valence-corrected chi connectivity index (χ2v) is 5.57. The van der Waals surface area contributed by atoms with Crippen LogP contribution < -0.4 is 5.32 Å². The van der Waals surface area contributed by atoms with Crippen molar-refractivity contribution >= 4 is 28.9 Å². The van der Waals surface area contributed by atoms with Crippen LogP contribution in [0.3, 0.4) is 0 Å². The van der Waals surface area contributed by atoms with E-state index in [0.29, 0.717) is 22.7 Å². The summed E-state index contributed by atoms with van der Waals surface area (Å²) in [7, 11) is 0. The second-order valence-electron chi connectivity index (χ2n) is 5.13. The van der Waals surface area contributed by atoms with Crippen LogP contribution in [0.4, 0.5) is 24.5 Å². The van der Waals surface area contributed by atoms with Crippen LogP contribution in [0.2, 0.25) is 5.02 Å². The van der Waals surface area contributed by atoms with Crippen LogP contribution >= 0.6 is 11.6 Å². The molecule has 10 heteroatoms. The third-order valence-electron chi connectivity index (χ3n) is 3.23. The SMILES string of the molecule is O=C(CNc1ccc(C(F)(F)F)cc1[N+](=O)[O-])OCc1cccc(Cl)c1. The van der Waals surface area contributed by atoms with Gasteiger partial charge in [-0.15, -0.1) is 0 Å². The van der Waals surface area contributed by atoms with Crippen molar-refractivity contribution in [2.45, 2.75) is 12.8 Å². The fourth-order valence-electron chi connectivity index (χ4n) is 2.02. The second kappa shape index (κ2) is 8.05. The number of nitro groups is 1. The molecule has 0 aliphatic carbocycles. The number of esters is 1. The Balaban J connectivity index is 1.99. The molecule has 138 valence electrons. The Kier molecular flexibility index (Phi) is 6.04. The van der Waals surface area contributed by atoms with Crippen LogP contribution in [0.25, 0.3) is 0 Å². The molecule has 0 heterocycles. The van der Waals surface area contributed by atoms with E-state index in [9.17, 15) is 28.1 Å². The van der Waals surface area contributed by atoms with Gasteiger partial charge in [-0.3, -0.25) is 14.9 Å². The van der Waals surface area contributed by atoms with Gasteiger partial charge in [-0.05, 0) is 29.8 Å². The van der Waals surface area contributed by atoms with Crippen molar-refractivity contribution in [3.05, 3.63) is 68.7 Å². The van der Waals surface area contributed by atoms with E-state index in [1.165, 1.54) is 0 Å². The van der Waals surface area contributed by atoms with Gasteiger partial charge in [-0.2, -0.15) is 13.2 Å². The summed E-state index contributed by atoms with van der Waals surface area (Å²) in [4.78, 5) is 21.7. The molecule has 2 aromatic rings. The first-order chi connectivity index (χ1) is 12.2. The number of carbonyl (C=O) groups excluding carboxylic acids is 1. The number of nitrogens with zero attached hydrogens (tertiary/aromatic N) is 1. The zero-order chi connectivity index (χ0) is 19.3. The summed E-state index contributed by atoms with van der Waals surface area (Å²) in [6.45, 7) is -0.511. The summed E-state index contributed by atoms with van der Waals surface area (Å²) in [5.41, 5.74) is -1.52. The summed E-state index contributed by atoms with van der Waals surface area (Å²) in [6, 6.07) is 8.60. The van der Waals surface area contributed by atoms with Crippen LogP contribution in [0.5, 0.6) is 0 Å². The molecule has 0 atom stereocenters. The van der Waals surface area contributed by atoms with Crippen LogP contribution in [0.15, 0.2) is 42.5 Å². The van der Waals surface area contributed by atoms with Crippen LogP contribution in [0, 0.1) is 10.1 Å². The quantitative estimate of drug-likeness (QED) is 0.450. The average Bonchev–Trinajstić information content (AvgIpc) is 2.57. The van der Waals surface area contributed by atoms with Crippen LogP contribution in [0.1, 0.15) is 11.1 Å². The lowest BCUT2D eigenvalue weighted by molar-refractivity contribution is -0.384. The number of hydrogen-bond donors (Lipinski definition) is 1. The summed E-state index contributed by atoms with van der Waals surface area (Å²) in [6.07, 6.45) is -4.71. The van der Waals surface area contributed by atoms with Gasteiger partial charge in [0.15, 0.2) is 0 Å². The number of benzene rings is 2. The number of nitro benzene ring substituents is 1. The van der Waals surface area contributed by atoms with Gasteiger partial charge in [0.2, 0.25) is 0 Å². The Labute approximate surface area is 150 Å². The third kappa shape index (κ3) is 5.35. The predicted molar refractivity (Wildman–Crippen MR) is 87.8 cm³/mol. The van der Waals surface area contributed by atoms with E-state index in [0.717, 1.165) is 6.07 Å². The van der Waals surface area contributed by atoms with Gasteiger partial charge >= 0.3 is 12.1 Å². The van der Waals surface area contributed by atoms with Crippen molar-refractivity contribution < 1.29 is 27.6 Å². The van der Waals surface area contributed by atoms with E-state index >= 15 is 0 Å². The molecule has 0 spiro atoms. The highest BCUT2D eigenvalue weighted by Gasteiger charge is 2.33. The van der Waals surface area contributed by atoms with Gasteiger partial charge in [-0.25, -0.2) is 0 Å². The van der Waals surface area contributed by atoms with E-state index in [1.54, 1.807) is 24.3 Å². The number of ether oxygens (including phenoxy) is 1. The first-order valence-electron chi connectivity index (χ1n) is 7.16. The van der Waals surface area contributed by atoms with E-state index < -0.39 is 34.9 Å². The van der Waals surface area contributed by atoms with Gasteiger partial charge in [-0.1, -0.05) is 23.7 Å². The molecule has 0 saturated heterocycles. The first-order valence-corrected chi connectivity index (χ1v) is 7.54. The van der Waals surface area contributed by atoms with Gasteiger partial charge in [0.25, 0.3) is 5.69 Å².